The Morgan fingerprint density at radius 1 is 1.47 bits per heavy atom. The van der Waals surface area contributed by atoms with E-state index in [2.05, 4.69) is 22.2 Å². The fourth-order valence-electron chi connectivity index (χ4n) is 2.55. The highest BCUT2D eigenvalue weighted by molar-refractivity contribution is 6.28. The van der Waals surface area contributed by atoms with E-state index in [1.807, 2.05) is 6.92 Å². The molecule has 0 aliphatic heterocycles. The van der Waals surface area contributed by atoms with Crippen LogP contribution in [0.3, 0.4) is 0 Å². The van der Waals surface area contributed by atoms with Gasteiger partial charge in [0.1, 0.15) is 5.82 Å². The molecule has 0 bridgehead atoms. The molecule has 1 N–H and O–H groups in total. The highest BCUT2D eigenvalue weighted by atomic mass is 35.5. The van der Waals surface area contributed by atoms with Crippen LogP contribution in [0.5, 0.6) is 0 Å². The molecule has 2 atom stereocenters. The molecule has 0 amide bonds. The molecule has 1 aliphatic rings. The van der Waals surface area contributed by atoms with Gasteiger partial charge in [-0.05, 0) is 37.3 Å². The smallest absolute Gasteiger partial charge is 0.224 e. The Morgan fingerprint density at radius 2 is 2.29 bits per heavy atom. The minimum atomic E-state index is 0.320. The lowest BCUT2D eigenvalue weighted by Crippen LogP contribution is -2.27. The molecule has 4 heteroatoms. The number of anilines is 1. The third kappa shape index (κ3) is 3.32. The first-order chi connectivity index (χ1) is 8.19. The monoisotopic (exact) mass is 253 g/mol. The first-order valence-electron chi connectivity index (χ1n) is 6.44. The molecule has 1 aromatic rings. The Bertz CT molecular complexity index is 381. The minimum Gasteiger partial charge on any atom is -0.367 e. The van der Waals surface area contributed by atoms with Crippen molar-refractivity contribution in [2.24, 2.45) is 5.92 Å². The Morgan fingerprint density at radius 3 is 3.06 bits per heavy atom. The zero-order chi connectivity index (χ0) is 12.3. The topological polar surface area (TPSA) is 37.8 Å². The third-order valence-electron chi connectivity index (χ3n) is 3.64. The van der Waals surface area contributed by atoms with Crippen molar-refractivity contribution in [2.75, 3.05) is 5.32 Å². The standard InChI is InChI=1S/C13H20ClN3/c1-3-10-5-4-6-11(7-10)16-12-9(2)8-15-13(14)17-12/h8,10-11H,3-7H2,1-2H3,(H,15,16,17). The van der Waals surface area contributed by atoms with Crippen LogP contribution >= 0.6 is 11.6 Å². The maximum Gasteiger partial charge on any atom is 0.224 e. The number of aromatic nitrogens is 2. The van der Waals surface area contributed by atoms with Crippen molar-refractivity contribution >= 4 is 17.4 Å². The van der Waals surface area contributed by atoms with Gasteiger partial charge in [0, 0.05) is 17.8 Å². The quantitative estimate of drug-likeness (QED) is 0.833. The zero-order valence-electron chi connectivity index (χ0n) is 10.5. The minimum absolute atomic E-state index is 0.320. The normalized spacial score (nSPS) is 24.6. The Labute approximate surface area is 108 Å². The van der Waals surface area contributed by atoms with Gasteiger partial charge in [-0.3, -0.25) is 0 Å². The van der Waals surface area contributed by atoms with Crippen molar-refractivity contribution in [2.45, 2.75) is 52.0 Å². The molecule has 0 saturated heterocycles. The summed E-state index contributed by atoms with van der Waals surface area (Å²) in [4.78, 5) is 8.24. The van der Waals surface area contributed by atoms with Gasteiger partial charge >= 0.3 is 0 Å². The highest BCUT2D eigenvalue weighted by Crippen LogP contribution is 2.28. The number of hydrogen-bond donors (Lipinski definition) is 1. The second-order valence-electron chi connectivity index (χ2n) is 4.95. The molecular formula is C13H20ClN3. The first-order valence-corrected chi connectivity index (χ1v) is 6.82. The number of hydrogen-bond acceptors (Lipinski definition) is 3. The van der Waals surface area contributed by atoms with E-state index in [0.717, 1.165) is 17.3 Å². The van der Waals surface area contributed by atoms with Crippen LogP contribution in [-0.4, -0.2) is 16.0 Å². The van der Waals surface area contributed by atoms with E-state index in [4.69, 9.17) is 11.6 Å². The van der Waals surface area contributed by atoms with Gasteiger partial charge in [-0.1, -0.05) is 26.2 Å². The van der Waals surface area contributed by atoms with Crippen LogP contribution in [-0.2, 0) is 0 Å². The van der Waals surface area contributed by atoms with E-state index >= 15 is 0 Å². The van der Waals surface area contributed by atoms with E-state index in [9.17, 15) is 0 Å². The summed E-state index contributed by atoms with van der Waals surface area (Å²) in [5.41, 5.74) is 1.06. The van der Waals surface area contributed by atoms with Crippen molar-refractivity contribution in [3.05, 3.63) is 17.0 Å². The fourth-order valence-corrected chi connectivity index (χ4v) is 2.69. The average Bonchev–Trinajstić information content (AvgIpc) is 2.34. The molecule has 2 rings (SSSR count). The van der Waals surface area contributed by atoms with Gasteiger partial charge in [0.25, 0.3) is 0 Å². The van der Waals surface area contributed by atoms with Crippen LogP contribution in [0.4, 0.5) is 5.82 Å². The summed E-state index contributed by atoms with van der Waals surface area (Å²) >= 11 is 5.83. The first kappa shape index (κ1) is 12.6. The number of aryl methyl sites for hydroxylation is 1. The van der Waals surface area contributed by atoms with Crippen LogP contribution in [0.15, 0.2) is 6.20 Å². The van der Waals surface area contributed by atoms with Crippen molar-refractivity contribution in [1.82, 2.24) is 9.97 Å². The molecule has 1 aliphatic carbocycles. The van der Waals surface area contributed by atoms with Crippen LogP contribution in [0.25, 0.3) is 0 Å². The van der Waals surface area contributed by atoms with E-state index < -0.39 is 0 Å². The highest BCUT2D eigenvalue weighted by Gasteiger charge is 2.21. The van der Waals surface area contributed by atoms with Gasteiger partial charge in [0.2, 0.25) is 5.28 Å². The summed E-state index contributed by atoms with van der Waals surface area (Å²) in [6.07, 6.45) is 8.22. The Balaban J connectivity index is 2.02. The van der Waals surface area contributed by atoms with Crippen LogP contribution < -0.4 is 5.32 Å². The molecule has 0 spiro atoms. The fraction of sp³-hybridized carbons (Fsp3) is 0.692. The summed E-state index contributed by atoms with van der Waals surface area (Å²) in [7, 11) is 0. The van der Waals surface area contributed by atoms with Gasteiger partial charge < -0.3 is 5.32 Å². The summed E-state index contributed by atoms with van der Waals surface area (Å²) < 4.78 is 0. The summed E-state index contributed by atoms with van der Waals surface area (Å²) in [6, 6.07) is 0.540. The third-order valence-corrected chi connectivity index (χ3v) is 3.83. The number of halogens is 1. The molecule has 94 valence electrons. The van der Waals surface area contributed by atoms with Crippen LogP contribution in [0.2, 0.25) is 5.28 Å². The van der Waals surface area contributed by atoms with Gasteiger partial charge in [-0.25, -0.2) is 9.97 Å². The van der Waals surface area contributed by atoms with Crippen LogP contribution in [0, 0.1) is 12.8 Å². The maximum absolute atomic E-state index is 5.83. The van der Waals surface area contributed by atoms with E-state index in [1.54, 1.807) is 6.20 Å². The van der Waals surface area contributed by atoms with Crippen molar-refractivity contribution in [3.63, 3.8) is 0 Å². The second kappa shape index (κ2) is 5.67. The van der Waals surface area contributed by atoms with Crippen LogP contribution in [0.1, 0.15) is 44.6 Å². The zero-order valence-corrected chi connectivity index (χ0v) is 11.3. The van der Waals surface area contributed by atoms with Crippen molar-refractivity contribution in [1.29, 1.82) is 0 Å². The van der Waals surface area contributed by atoms with E-state index in [-0.39, 0.29) is 0 Å². The molecule has 2 unspecified atom stereocenters. The predicted molar refractivity (Wildman–Crippen MR) is 71.4 cm³/mol. The van der Waals surface area contributed by atoms with Crippen molar-refractivity contribution in [3.8, 4) is 0 Å². The Kier molecular flexibility index (Phi) is 4.21. The number of nitrogens with one attached hydrogen (secondary N) is 1. The largest absolute Gasteiger partial charge is 0.367 e. The lowest BCUT2D eigenvalue weighted by molar-refractivity contribution is 0.327. The molecule has 0 aromatic carbocycles. The number of rotatable bonds is 3. The molecule has 3 nitrogen and oxygen atoms in total. The van der Waals surface area contributed by atoms with Gasteiger partial charge in [-0.2, -0.15) is 0 Å². The second-order valence-corrected chi connectivity index (χ2v) is 5.29. The summed E-state index contributed by atoms with van der Waals surface area (Å²) in [5, 5.41) is 3.84. The lowest BCUT2D eigenvalue weighted by Gasteiger charge is -2.29. The lowest BCUT2D eigenvalue weighted by atomic mass is 9.84. The molecule has 0 radical (unpaired) electrons. The SMILES string of the molecule is CCC1CCCC(Nc2nc(Cl)ncc2C)C1. The molecule has 17 heavy (non-hydrogen) atoms. The molecule has 1 aromatic heterocycles. The van der Waals surface area contributed by atoms with Gasteiger partial charge in [0.05, 0.1) is 0 Å². The molecular weight excluding hydrogens is 234 g/mol. The molecule has 1 saturated carbocycles. The number of nitrogens with zero attached hydrogens (tertiary/aromatic N) is 2. The molecule has 1 fully saturated rings. The van der Waals surface area contributed by atoms with E-state index in [0.29, 0.717) is 11.3 Å². The Hall–Kier alpha value is -0.830. The average molecular weight is 254 g/mol. The van der Waals surface area contributed by atoms with Gasteiger partial charge in [0.15, 0.2) is 0 Å². The van der Waals surface area contributed by atoms with E-state index in [1.165, 1.54) is 32.1 Å². The van der Waals surface area contributed by atoms with Crippen molar-refractivity contribution < 1.29 is 0 Å². The van der Waals surface area contributed by atoms with Gasteiger partial charge in [-0.15, -0.1) is 0 Å². The summed E-state index contributed by atoms with van der Waals surface area (Å²) in [6.45, 7) is 4.29. The predicted octanol–water partition coefficient (Wildman–Crippen LogP) is 3.82. The maximum atomic E-state index is 5.83. The molecule has 1 heterocycles. The summed E-state index contributed by atoms with van der Waals surface area (Å²) in [5.74, 6) is 1.76.